The number of piperidine rings is 1. The van der Waals surface area contributed by atoms with Crippen LogP contribution in [0.5, 0.6) is 0 Å². The predicted octanol–water partition coefficient (Wildman–Crippen LogP) is 5.79. The van der Waals surface area contributed by atoms with E-state index in [0.717, 1.165) is 38.9 Å². The van der Waals surface area contributed by atoms with Crippen molar-refractivity contribution in [1.82, 2.24) is 4.90 Å². The number of nitriles is 1. The van der Waals surface area contributed by atoms with Gasteiger partial charge in [0, 0.05) is 19.5 Å². The molecule has 2 nitrogen and oxygen atoms in total. The molecule has 1 aliphatic carbocycles. The topological polar surface area (TPSA) is 27.0 Å². The van der Waals surface area contributed by atoms with Gasteiger partial charge in [0.15, 0.2) is 0 Å². The SMILES string of the molecule is Cl.N#CCCCN1CCC(=C2c3ccccc3C=Cc3ccccc32)CC1. The molecule has 2 aromatic rings. The van der Waals surface area contributed by atoms with Crippen molar-refractivity contribution in [3.8, 4) is 6.07 Å². The van der Waals surface area contributed by atoms with Crippen molar-refractivity contribution in [3.05, 3.63) is 76.4 Å². The number of likely N-dealkylation sites (tertiary alicyclic amines) is 1. The van der Waals surface area contributed by atoms with E-state index in [2.05, 4.69) is 71.7 Å². The van der Waals surface area contributed by atoms with E-state index in [1.165, 1.54) is 27.8 Å². The Kier molecular flexibility index (Phi) is 6.50. The van der Waals surface area contributed by atoms with Crippen LogP contribution < -0.4 is 0 Å². The predicted molar refractivity (Wildman–Crippen MR) is 116 cm³/mol. The Morgan fingerprint density at radius 1 is 0.852 bits per heavy atom. The quantitative estimate of drug-likeness (QED) is 0.540. The van der Waals surface area contributed by atoms with Crippen LogP contribution in [0.15, 0.2) is 54.1 Å². The lowest BCUT2D eigenvalue weighted by atomic mass is 9.86. The summed E-state index contributed by atoms with van der Waals surface area (Å²) >= 11 is 0. The molecule has 0 amide bonds. The fourth-order valence-electron chi connectivity index (χ4n) is 4.12. The van der Waals surface area contributed by atoms with Crippen LogP contribution in [0.2, 0.25) is 0 Å². The molecular weight excluding hydrogens is 352 g/mol. The van der Waals surface area contributed by atoms with Gasteiger partial charge in [0.1, 0.15) is 0 Å². The maximum Gasteiger partial charge on any atom is 0.0622 e. The molecule has 2 aromatic carbocycles. The Balaban J connectivity index is 0.00000210. The van der Waals surface area contributed by atoms with Crippen LogP contribution in [0.1, 0.15) is 47.9 Å². The lowest BCUT2D eigenvalue weighted by molar-refractivity contribution is 0.255. The number of benzene rings is 2. The van der Waals surface area contributed by atoms with Gasteiger partial charge in [-0.05, 0) is 53.6 Å². The molecule has 4 rings (SSSR count). The van der Waals surface area contributed by atoms with Crippen LogP contribution in [-0.2, 0) is 0 Å². The third kappa shape index (κ3) is 4.16. The van der Waals surface area contributed by atoms with Crippen molar-refractivity contribution in [3.63, 3.8) is 0 Å². The van der Waals surface area contributed by atoms with Crippen LogP contribution in [-0.4, -0.2) is 24.5 Å². The third-order valence-electron chi connectivity index (χ3n) is 5.48. The first-order valence-electron chi connectivity index (χ1n) is 9.55. The first kappa shape index (κ1) is 19.4. The Morgan fingerprint density at radius 2 is 1.41 bits per heavy atom. The zero-order chi connectivity index (χ0) is 17.8. The second kappa shape index (κ2) is 9.04. The Morgan fingerprint density at radius 3 is 1.96 bits per heavy atom. The number of nitrogens with zero attached hydrogens (tertiary/aromatic N) is 2. The number of hydrogen-bond donors (Lipinski definition) is 0. The van der Waals surface area contributed by atoms with E-state index < -0.39 is 0 Å². The Bertz CT molecular complexity index is 843. The highest BCUT2D eigenvalue weighted by molar-refractivity contribution is 5.94. The van der Waals surface area contributed by atoms with Crippen molar-refractivity contribution in [1.29, 1.82) is 5.26 Å². The lowest BCUT2D eigenvalue weighted by Crippen LogP contribution is -2.32. The Hall–Kier alpha value is -2.34. The van der Waals surface area contributed by atoms with Gasteiger partial charge in [0.2, 0.25) is 0 Å². The monoisotopic (exact) mass is 376 g/mol. The Labute approximate surface area is 168 Å². The van der Waals surface area contributed by atoms with Crippen LogP contribution in [0.3, 0.4) is 0 Å². The number of rotatable bonds is 3. The second-order valence-electron chi connectivity index (χ2n) is 7.09. The van der Waals surface area contributed by atoms with Crippen LogP contribution in [0.25, 0.3) is 17.7 Å². The number of fused-ring (bicyclic) bond motifs is 2. The van der Waals surface area contributed by atoms with Crippen molar-refractivity contribution in [2.45, 2.75) is 25.7 Å². The molecule has 138 valence electrons. The third-order valence-corrected chi connectivity index (χ3v) is 5.48. The molecule has 0 N–H and O–H groups in total. The number of hydrogen-bond acceptors (Lipinski definition) is 2. The van der Waals surface area contributed by atoms with Gasteiger partial charge in [-0.25, -0.2) is 0 Å². The molecule has 0 saturated carbocycles. The summed E-state index contributed by atoms with van der Waals surface area (Å²) in [4.78, 5) is 2.51. The smallest absolute Gasteiger partial charge is 0.0622 e. The molecule has 1 heterocycles. The van der Waals surface area contributed by atoms with E-state index in [9.17, 15) is 0 Å². The molecule has 0 spiro atoms. The lowest BCUT2D eigenvalue weighted by Gasteiger charge is -2.30. The summed E-state index contributed by atoms with van der Waals surface area (Å²) < 4.78 is 0. The first-order valence-corrected chi connectivity index (χ1v) is 9.55. The minimum absolute atomic E-state index is 0. The minimum Gasteiger partial charge on any atom is -0.303 e. The molecular formula is C24H25ClN2. The molecule has 0 radical (unpaired) electrons. The van der Waals surface area contributed by atoms with Gasteiger partial charge in [-0.3, -0.25) is 0 Å². The first-order chi connectivity index (χ1) is 12.9. The number of halogens is 1. The fraction of sp³-hybridized carbons (Fsp3) is 0.292. The van der Waals surface area contributed by atoms with Crippen molar-refractivity contribution < 1.29 is 0 Å². The average Bonchev–Trinajstić information content (AvgIpc) is 2.86. The standard InChI is InChI=1S/C24H24N2.ClH/c25-15-5-6-16-26-17-13-21(14-18-26)24-22-9-3-1-7-19(22)11-12-20-8-2-4-10-23(20)24;/h1-4,7-12H,5-6,13-14,16-18H2;1H. The molecule has 3 heteroatoms. The van der Waals surface area contributed by atoms with Gasteiger partial charge in [-0.2, -0.15) is 5.26 Å². The average molecular weight is 377 g/mol. The summed E-state index contributed by atoms with van der Waals surface area (Å²) in [7, 11) is 0. The van der Waals surface area contributed by atoms with Crippen molar-refractivity contribution in [2.75, 3.05) is 19.6 Å². The maximum atomic E-state index is 8.74. The van der Waals surface area contributed by atoms with Gasteiger partial charge < -0.3 is 4.90 Å². The van der Waals surface area contributed by atoms with Crippen molar-refractivity contribution in [2.24, 2.45) is 0 Å². The molecule has 1 aliphatic heterocycles. The highest BCUT2D eigenvalue weighted by atomic mass is 35.5. The zero-order valence-corrected chi connectivity index (χ0v) is 16.3. The molecule has 0 unspecified atom stereocenters. The molecule has 2 aliphatic rings. The van der Waals surface area contributed by atoms with E-state index in [4.69, 9.17) is 5.26 Å². The summed E-state index contributed by atoms with van der Waals surface area (Å²) in [5, 5.41) is 8.74. The van der Waals surface area contributed by atoms with Crippen LogP contribution >= 0.6 is 12.4 Å². The van der Waals surface area contributed by atoms with E-state index in [0.29, 0.717) is 6.42 Å². The van der Waals surface area contributed by atoms with Crippen LogP contribution in [0.4, 0.5) is 0 Å². The summed E-state index contributed by atoms with van der Waals surface area (Å²) in [6.07, 6.45) is 8.38. The van der Waals surface area contributed by atoms with Gasteiger partial charge in [0.25, 0.3) is 0 Å². The van der Waals surface area contributed by atoms with E-state index >= 15 is 0 Å². The van der Waals surface area contributed by atoms with Crippen molar-refractivity contribution >= 4 is 30.1 Å². The fourth-order valence-corrected chi connectivity index (χ4v) is 4.12. The highest BCUT2D eigenvalue weighted by Crippen LogP contribution is 2.38. The van der Waals surface area contributed by atoms with Gasteiger partial charge in [-0.1, -0.05) is 66.3 Å². The molecule has 0 atom stereocenters. The second-order valence-corrected chi connectivity index (χ2v) is 7.09. The van der Waals surface area contributed by atoms with Gasteiger partial charge in [0.05, 0.1) is 6.07 Å². The summed E-state index contributed by atoms with van der Waals surface area (Å²) in [6, 6.07) is 19.8. The maximum absolute atomic E-state index is 8.74. The molecule has 1 saturated heterocycles. The van der Waals surface area contributed by atoms with E-state index in [-0.39, 0.29) is 12.4 Å². The summed E-state index contributed by atoms with van der Waals surface area (Å²) in [6.45, 7) is 3.24. The minimum atomic E-state index is 0. The molecule has 1 fully saturated rings. The molecule has 0 bridgehead atoms. The normalized spacial score (nSPS) is 16.0. The number of unbranched alkanes of at least 4 members (excludes halogenated alkanes) is 1. The summed E-state index contributed by atoms with van der Waals surface area (Å²) in [5.41, 5.74) is 8.36. The molecule has 0 aromatic heterocycles. The zero-order valence-electron chi connectivity index (χ0n) is 15.5. The van der Waals surface area contributed by atoms with Crippen LogP contribution in [0, 0.1) is 11.3 Å². The summed E-state index contributed by atoms with van der Waals surface area (Å²) in [5.74, 6) is 0. The van der Waals surface area contributed by atoms with Gasteiger partial charge in [-0.15, -0.1) is 12.4 Å². The molecule has 27 heavy (non-hydrogen) atoms. The highest BCUT2D eigenvalue weighted by Gasteiger charge is 2.22. The van der Waals surface area contributed by atoms with E-state index in [1.54, 1.807) is 5.57 Å². The van der Waals surface area contributed by atoms with Gasteiger partial charge >= 0.3 is 0 Å². The van der Waals surface area contributed by atoms with E-state index in [1.807, 2.05) is 0 Å². The largest absolute Gasteiger partial charge is 0.303 e.